The Morgan fingerprint density at radius 2 is 2.08 bits per heavy atom. The lowest BCUT2D eigenvalue weighted by molar-refractivity contribution is -0.174. The summed E-state index contributed by atoms with van der Waals surface area (Å²) in [6.45, 7) is -0.147. The van der Waals surface area contributed by atoms with Crippen LogP contribution in [0.25, 0.3) is 0 Å². The van der Waals surface area contributed by atoms with E-state index in [-0.39, 0.29) is 13.2 Å². The van der Waals surface area contributed by atoms with E-state index in [1.165, 1.54) is 0 Å². The second-order valence-electron chi connectivity index (χ2n) is 2.68. The maximum atomic E-state index is 11.7. The largest absolute Gasteiger partial charge is 0.471 e. The fraction of sp³-hybridized carbons (Fsp3) is 0.833. The fourth-order valence-electron chi connectivity index (χ4n) is 0.931. The molecule has 7 heteroatoms. The van der Waals surface area contributed by atoms with Crippen molar-refractivity contribution in [1.82, 2.24) is 5.32 Å². The first kappa shape index (κ1) is 10.3. The zero-order valence-corrected chi connectivity index (χ0v) is 6.47. The number of hydrogen-bond acceptors (Lipinski definition) is 3. The molecule has 4 nitrogen and oxygen atoms in total. The summed E-state index contributed by atoms with van der Waals surface area (Å²) >= 11 is 0. The lowest BCUT2D eigenvalue weighted by Gasteiger charge is -2.15. The molecule has 0 bridgehead atoms. The van der Waals surface area contributed by atoms with E-state index in [0.29, 0.717) is 0 Å². The molecule has 1 amide bonds. The second-order valence-corrected chi connectivity index (χ2v) is 2.68. The quantitative estimate of drug-likeness (QED) is 0.594. The van der Waals surface area contributed by atoms with Crippen molar-refractivity contribution in [2.75, 3.05) is 13.2 Å². The Morgan fingerprint density at radius 3 is 2.46 bits per heavy atom. The van der Waals surface area contributed by atoms with Gasteiger partial charge in [-0.05, 0) is 0 Å². The number of carbonyl (C=O) groups is 1. The molecule has 1 saturated heterocycles. The van der Waals surface area contributed by atoms with Crippen LogP contribution in [0.1, 0.15) is 0 Å². The molecule has 0 aromatic carbocycles. The van der Waals surface area contributed by atoms with Gasteiger partial charge in [0.05, 0.1) is 25.4 Å². The molecule has 76 valence electrons. The Labute approximate surface area is 71.7 Å². The van der Waals surface area contributed by atoms with E-state index in [1.807, 2.05) is 0 Å². The van der Waals surface area contributed by atoms with Crippen molar-refractivity contribution >= 4 is 5.91 Å². The highest BCUT2D eigenvalue weighted by Gasteiger charge is 2.41. The van der Waals surface area contributed by atoms with E-state index >= 15 is 0 Å². The maximum Gasteiger partial charge on any atom is 0.471 e. The Hall–Kier alpha value is -0.820. The van der Waals surface area contributed by atoms with E-state index in [1.54, 1.807) is 5.32 Å². The first-order valence-corrected chi connectivity index (χ1v) is 3.55. The van der Waals surface area contributed by atoms with Crippen LogP contribution in [0.4, 0.5) is 13.2 Å². The third-order valence-electron chi connectivity index (χ3n) is 1.62. The van der Waals surface area contributed by atoms with Gasteiger partial charge >= 0.3 is 12.1 Å². The van der Waals surface area contributed by atoms with Gasteiger partial charge in [-0.15, -0.1) is 0 Å². The summed E-state index contributed by atoms with van der Waals surface area (Å²) in [6, 6.07) is -0.964. The summed E-state index contributed by atoms with van der Waals surface area (Å²) in [5.74, 6) is -2.05. The number of hydrogen-bond donors (Lipinski definition) is 2. The summed E-state index contributed by atoms with van der Waals surface area (Å²) in [7, 11) is 0. The molecule has 0 aromatic rings. The molecular weight excluding hydrogens is 191 g/mol. The van der Waals surface area contributed by atoms with Crippen LogP contribution in [-0.4, -0.2) is 42.5 Å². The number of carbonyl (C=O) groups excluding carboxylic acids is 1. The van der Waals surface area contributed by atoms with E-state index in [0.717, 1.165) is 0 Å². The predicted octanol–water partition coefficient (Wildman–Crippen LogP) is -0.575. The molecule has 1 rings (SSSR count). The highest BCUT2D eigenvalue weighted by molar-refractivity contribution is 5.82. The van der Waals surface area contributed by atoms with Crippen LogP contribution < -0.4 is 5.32 Å². The normalized spacial score (nSPS) is 28.9. The van der Waals surface area contributed by atoms with E-state index in [4.69, 9.17) is 5.11 Å². The third kappa shape index (κ3) is 2.56. The molecule has 0 radical (unpaired) electrons. The molecule has 0 spiro atoms. The Morgan fingerprint density at radius 1 is 1.46 bits per heavy atom. The van der Waals surface area contributed by atoms with Gasteiger partial charge in [0.2, 0.25) is 0 Å². The molecular formula is C6H8F3NO3. The molecule has 0 aliphatic carbocycles. The Bertz CT molecular complexity index is 206. The molecule has 13 heavy (non-hydrogen) atoms. The van der Waals surface area contributed by atoms with Crippen LogP contribution in [0.3, 0.4) is 0 Å². The predicted molar refractivity (Wildman–Crippen MR) is 34.8 cm³/mol. The molecule has 2 N–H and O–H groups in total. The van der Waals surface area contributed by atoms with E-state index in [9.17, 15) is 18.0 Å². The van der Waals surface area contributed by atoms with Crippen molar-refractivity contribution in [3.05, 3.63) is 0 Å². The minimum absolute atomic E-state index is 0.0528. The van der Waals surface area contributed by atoms with Crippen molar-refractivity contribution in [2.45, 2.75) is 18.3 Å². The van der Waals surface area contributed by atoms with E-state index < -0.39 is 24.2 Å². The first-order chi connectivity index (χ1) is 5.91. The summed E-state index contributed by atoms with van der Waals surface area (Å²) in [4.78, 5) is 10.4. The number of nitrogens with one attached hydrogen (secondary N) is 1. The lowest BCUT2D eigenvalue weighted by atomic mass is 10.2. The molecule has 2 atom stereocenters. The standard InChI is InChI=1S/C6H8F3NO3/c7-6(8,9)5(12)10-3-1-13-2-4(3)11/h3-4,11H,1-2H2,(H,10,12). The SMILES string of the molecule is O=C(NC1COCC1O)C(F)(F)F. The minimum atomic E-state index is -4.91. The van der Waals surface area contributed by atoms with Gasteiger partial charge in [-0.25, -0.2) is 0 Å². The highest BCUT2D eigenvalue weighted by atomic mass is 19.4. The van der Waals surface area contributed by atoms with Gasteiger partial charge in [0.1, 0.15) is 0 Å². The van der Waals surface area contributed by atoms with Gasteiger partial charge < -0.3 is 15.2 Å². The number of rotatable bonds is 1. The molecule has 1 fully saturated rings. The Balaban J connectivity index is 2.45. The molecule has 0 saturated carbocycles. The lowest BCUT2D eigenvalue weighted by Crippen LogP contribution is -2.48. The molecule has 1 heterocycles. The van der Waals surface area contributed by atoms with Crippen LogP contribution >= 0.6 is 0 Å². The summed E-state index contributed by atoms with van der Waals surface area (Å²) in [5.41, 5.74) is 0. The van der Waals surface area contributed by atoms with Crippen molar-refractivity contribution in [3.63, 3.8) is 0 Å². The summed E-state index contributed by atoms with van der Waals surface area (Å²) < 4.78 is 39.7. The van der Waals surface area contributed by atoms with Crippen molar-refractivity contribution < 1.29 is 27.8 Å². The van der Waals surface area contributed by atoms with Crippen LogP contribution in [0.2, 0.25) is 0 Å². The van der Waals surface area contributed by atoms with Gasteiger partial charge in [0.15, 0.2) is 0 Å². The number of ether oxygens (including phenoxy) is 1. The van der Waals surface area contributed by atoms with Crippen molar-refractivity contribution in [1.29, 1.82) is 0 Å². The van der Waals surface area contributed by atoms with Gasteiger partial charge in [-0.2, -0.15) is 13.2 Å². The maximum absolute atomic E-state index is 11.7. The number of amides is 1. The second kappa shape index (κ2) is 3.51. The number of aliphatic hydroxyl groups excluding tert-OH is 1. The van der Waals surface area contributed by atoms with Crippen LogP contribution in [0.15, 0.2) is 0 Å². The van der Waals surface area contributed by atoms with Gasteiger partial charge in [0.25, 0.3) is 0 Å². The monoisotopic (exact) mass is 199 g/mol. The molecule has 0 aromatic heterocycles. The number of aliphatic hydroxyl groups is 1. The van der Waals surface area contributed by atoms with E-state index in [2.05, 4.69) is 4.74 Å². The average Bonchev–Trinajstić information content (AvgIpc) is 2.34. The first-order valence-electron chi connectivity index (χ1n) is 3.55. The van der Waals surface area contributed by atoms with Gasteiger partial charge in [-0.1, -0.05) is 0 Å². The summed E-state index contributed by atoms with van der Waals surface area (Å²) in [5, 5.41) is 10.6. The molecule has 1 aliphatic rings. The Kier molecular flexibility index (Phi) is 2.77. The zero-order valence-electron chi connectivity index (χ0n) is 6.47. The van der Waals surface area contributed by atoms with Crippen molar-refractivity contribution in [2.24, 2.45) is 0 Å². The molecule has 2 unspecified atom stereocenters. The van der Waals surface area contributed by atoms with Crippen LogP contribution in [-0.2, 0) is 9.53 Å². The average molecular weight is 199 g/mol. The number of halogens is 3. The van der Waals surface area contributed by atoms with Crippen molar-refractivity contribution in [3.8, 4) is 0 Å². The minimum Gasteiger partial charge on any atom is -0.388 e. The molecule has 1 aliphatic heterocycles. The zero-order chi connectivity index (χ0) is 10.1. The smallest absolute Gasteiger partial charge is 0.388 e. The van der Waals surface area contributed by atoms with Gasteiger partial charge in [-0.3, -0.25) is 4.79 Å². The topological polar surface area (TPSA) is 58.6 Å². The number of alkyl halides is 3. The highest BCUT2D eigenvalue weighted by Crippen LogP contribution is 2.15. The summed E-state index contributed by atoms with van der Waals surface area (Å²) in [6.07, 6.45) is -5.98. The third-order valence-corrected chi connectivity index (χ3v) is 1.62. The van der Waals surface area contributed by atoms with Crippen LogP contribution in [0.5, 0.6) is 0 Å². The van der Waals surface area contributed by atoms with Crippen LogP contribution in [0, 0.1) is 0 Å². The fourth-order valence-corrected chi connectivity index (χ4v) is 0.931. The van der Waals surface area contributed by atoms with Gasteiger partial charge in [0, 0.05) is 0 Å².